The van der Waals surface area contributed by atoms with Crippen LogP contribution in [-0.2, 0) is 0 Å². The summed E-state index contributed by atoms with van der Waals surface area (Å²) < 4.78 is 5.22. The van der Waals surface area contributed by atoms with Gasteiger partial charge in [0.1, 0.15) is 0 Å². The Morgan fingerprint density at radius 3 is 2.75 bits per heavy atom. The van der Waals surface area contributed by atoms with E-state index in [4.69, 9.17) is 4.74 Å². The maximum absolute atomic E-state index is 9.74. The van der Waals surface area contributed by atoms with Crippen LogP contribution in [0.3, 0.4) is 0 Å². The molecule has 1 fully saturated rings. The van der Waals surface area contributed by atoms with Gasteiger partial charge in [-0.3, -0.25) is 4.90 Å². The van der Waals surface area contributed by atoms with Crippen LogP contribution in [0.2, 0.25) is 0 Å². The Bertz CT molecular complexity index is 468. The lowest BCUT2D eigenvalue weighted by molar-refractivity contribution is 0.172. The molecule has 1 heterocycles. The predicted molar refractivity (Wildman–Crippen MR) is 81.3 cm³/mol. The second-order valence-corrected chi connectivity index (χ2v) is 5.39. The first kappa shape index (κ1) is 14.9. The third kappa shape index (κ3) is 3.52. The number of hydrogen-bond acceptors (Lipinski definition) is 4. The molecule has 0 aromatic heterocycles. The largest absolute Gasteiger partial charge is 0.504 e. The van der Waals surface area contributed by atoms with Crippen molar-refractivity contribution in [2.24, 2.45) is 0 Å². The number of phenols is 1. The average Bonchev–Trinajstić information content (AvgIpc) is 2.46. The van der Waals surface area contributed by atoms with Crippen molar-refractivity contribution in [3.05, 3.63) is 35.9 Å². The van der Waals surface area contributed by atoms with Crippen LogP contribution >= 0.6 is 0 Å². The summed E-state index contributed by atoms with van der Waals surface area (Å²) in [5, 5.41) is 13.1. The number of nitrogens with one attached hydrogen (secondary N) is 1. The van der Waals surface area contributed by atoms with Crippen LogP contribution in [0.1, 0.15) is 24.9 Å². The van der Waals surface area contributed by atoms with Crippen molar-refractivity contribution in [3.8, 4) is 11.5 Å². The highest BCUT2D eigenvalue weighted by molar-refractivity contribution is 5.43. The fourth-order valence-electron chi connectivity index (χ4n) is 2.68. The second-order valence-electron chi connectivity index (χ2n) is 5.39. The Labute approximate surface area is 121 Å². The summed E-state index contributed by atoms with van der Waals surface area (Å²) in [5.41, 5.74) is 2.34. The van der Waals surface area contributed by atoms with Crippen LogP contribution in [0.25, 0.3) is 0 Å². The molecule has 20 heavy (non-hydrogen) atoms. The molecule has 1 aliphatic rings. The normalized spacial score (nSPS) is 17.7. The van der Waals surface area contributed by atoms with Crippen molar-refractivity contribution < 1.29 is 9.84 Å². The zero-order valence-corrected chi connectivity index (χ0v) is 12.4. The van der Waals surface area contributed by atoms with Crippen molar-refractivity contribution in [1.82, 2.24) is 10.2 Å². The fraction of sp³-hybridized carbons (Fsp3) is 0.500. The molecule has 1 aromatic rings. The van der Waals surface area contributed by atoms with E-state index in [1.807, 2.05) is 12.1 Å². The summed E-state index contributed by atoms with van der Waals surface area (Å²) in [6.07, 6.45) is 0.925. The van der Waals surface area contributed by atoms with Gasteiger partial charge >= 0.3 is 0 Å². The molecule has 1 atom stereocenters. The first-order chi connectivity index (χ1) is 9.61. The molecule has 0 radical (unpaired) electrons. The maximum atomic E-state index is 9.74. The number of methoxy groups -OCH3 is 1. The molecule has 1 aliphatic heterocycles. The van der Waals surface area contributed by atoms with Gasteiger partial charge in [-0.25, -0.2) is 0 Å². The molecular weight excluding hydrogens is 252 g/mol. The zero-order valence-electron chi connectivity index (χ0n) is 12.4. The number of phenolic OH excluding ortho intramolecular Hbond substituents is 1. The number of aromatic hydroxyl groups is 1. The highest BCUT2D eigenvalue weighted by atomic mass is 16.5. The van der Waals surface area contributed by atoms with Crippen molar-refractivity contribution in [3.63, 3.8) is 0 Å². The van der Waals surface area contributed by atoms with E-state index >= 15 is 0 Å². The molecule has 0 amide bonds. The van der Waals surface area contributed by atoms with E-state index in [2.05, 4.69) is 23.7 Å². The molecule has 4 nitrogen and oxygen atoms in total. The van der Waals surface area contributed by atoms with Crippen molar-refractivity contribution in [1.29, 1.82) is 0 Å². The number of nitrogens with zero attached hydrogens (tertiary/aromatic N) is 1. The summed E-state index contributed by atoms with van der Waals surface area (Å²) in [4.78, 5) is 2.47. The number of hydrogen-bond donors (Lipinski definition) is 2. The molecule has 0 aliphatic carbocycles. The smallest absolute Gasteiger partial charge is 0.160 e. The Hall–Kier alpha value is -1.52. The van der Waals surface area contributed by atoms with Crippen molar-refractivity contribution >= 4 is 0 Å². The number of rotatable bonds is 5. The average molecular weight is 276 g/mol. The first-order valence-corrected chi connectivity index (χ1v) is 7.08. The van der Waals surface area contributed by atoms with Gasteiger partial charge in [0, 0.05) is 32.2 Å². The highest BCUT2D eigenvalue weighted by Crippen LogP contribution is 2.33. The molecule has 0 unspecified atom stereocenters. The minimum atomic E-state index is 0.186. The quantitative estimate of drug-likeness (QED) is 0.810. The number of benzene rings is 1. The molecule has 0 bridgehead atoms. The predicted octanol–water partition coefficient (Wildman–Crippen LogP) is 2.31. The zero-order chi connectivity index (χ0) is 14.5. The lowest BCUT2D eigenvalue weighted by Crippen LogP contribution is -2.45. The van der Waals surface area contributed by atoms with Crippen LogP contribution in [-0.4, -0.2) is 43.3 Å². The summed E-state index contributed by atoms with van der Waals surface area (Å²) in [7, 11) is 1.58. The van der Waals surface area contributed by atoms with Crippen LogP contribution in [0, 0.1) is 0 Å². The van der Waals surface area contributed by atoms with Gasteiger partial charge in [0.25, 0.3) is 0 Å². The van der Waals surface area contributed by atoms with Crippen LogP contribution < -0.4 is 10.1 Å². The Morgan fingerprint density at radius 2 is 2.15 bits per heavy atom. The monoisotopic (exact) mass is 276 g/mol. The molecule has 1 aromatic carbocycles. The SMILES string of the molecule is C=C(C)C[C@H](c1ccc(O)c(OC)c1)N1CCNCC1. The lowest BCUT2D eigenvalue weighted by Gasteiger charge is -2.35. The van der Waals surface area contributed by atoms with Crippen LogP contribution in [0.15, 0.2) is 30.4 Å². The molecule has 110 valence electrons. The minimum Gasteiger partial charge on any atom is -0.504 e. The standard InChI is InChI=1S/C16H24N2O2/c1-12(2)10-14(18-8-6-17-7-9-18)13-4-5-15(19)16(11-13)20-3/h4-5,11,14,17,19H,1,6-10H2,2-3H3/t14-/m1/s1. The van der Waals surface area contributed by atoms with Gasteiger partial charge in [0.15, 0.2) is 11.5 Å². The van der Waals surface area contributed by atoms with Crippen LogP contribution in [0.5, 0.6) is 11.5 Å². The van der Waals surface area contributed by atoms with E-state index in [9.17, 15) is 5.11 Å². The Morgan fingerprint density at radius 1 is 1.45 bits per heavy atom. The molecule has 0 spiro atoms. The third-order valence-corrected chi connectivity index (χ3v) is 3.72. The van der Waals surface area contributed by atoms with Crippen molar-refractivity contribution in [2.75, 3.05) is 33.3 Å². The van der Waals surface area contributed by atoms with E-state index in [1.54, 1.807) is 13.2 Å². The first-order valence-electron chi connectivity index (χ1n) is 7.08. The summed E-state index contributed by atoms with van der Waals surface area (Å²) in [6, 6.07) is 5.92. The lowest BCUT2D eigenvalue weighted by atomic mass is 9.97. The van der Waals surface area contributed by atoms with E-state index < -0.39 is 0 Å². The van der Waals surface area contributed by atoms with E-state index in [0.717, 1.165) is 32.6 Å². The van der Waals surface area contributed by atoms with Gasteiger partial charge in [0.05, 0.1) is 7.11 Å². The van der Waals surface area contributed by atoms with Gasteiger partial charge in [-0.05, 0) is 31.0 Å². The van der Waals surface area contributed by atoms with E-state index in [0.29, 0.717) is 11.8 Å². The molecule has 4 heteroatoms. The second kappa shape index (κ2) is 6.77. The Kier molecular flexibility index (Phi) is 5.04. The van der Waals surface area contributed by atoms with Crippen molar-refractivity contribution in [2.45, 2.75) is 19.4 Å². The van der Waals surface area contributed by atoms with Gasteiger partial charge in [0.2, 0.25) is 0 Å². The fourth-order valence-corrected chi connectivity index (χ4v) is 2.68. The minimum absolute atomic E-state index is 0.186. The van der Waals surface area contributed by atoms with Gasteiger partial charge in [-0.1, -0.05) is 11.6 Å². The van der Waals surface area contributed by atoms with Crippen LogP contribution in [0.4, 0.5) is 0 Å². The summed E-state index contributed by atoms with van der Waals surface area (Å²) in [5.74, 6) is 0.718. The number of piperazine rings is 1. The number of ether oxygens (including phenoxy) is 1. The Balaban J connectivity index is 2.27. The highest BCUT2D eigenvalue weighted by Gasteiger charge is 2.23. The molecular formula is C16H24N2O2. The summed E-state index contributed by atoms with van der Waals surface area (Å²) >= 11 is 0. The topological polar surface area (TPSA) is 44.7 Å². The van der Waals surface area contributed by atoms with Gasteiger partial charge < -0.3 is 15.2 Å². The summed E-state index contributed by atoms with van der Waals surface area (Å²) in [6.45, 7) is 10.2. The maximum Gasteiger partial charge on any atom is 0.160 e. The third-order valence-electron chi connectivity index (χ3n) is 3.72. The van der Waals surface area contributed by atoms with E-state index in [-0.39, 0.29) is 5.75 Å². The molecule has 0 saturated carbocycles. The van der Waals surface area contributed by atoms with Gasteiger partial charge in [-0.2, -0.15) is 0 Å². The molecule has 2 rings (SSSR count). The molecule has 2 N–H and O–H groups in total. The van der Waals surface area contributed by atoms with E-state index in [1.165, 1.54) is 11.1 Å². The molecule has 1 saturated heterocycles. The van der Waals surface area contributed by atoms with Gasteiger partial charge in [-0.15, -0.1) is 6.58 Å².